The highest BCUT2D eigenvalue weighted by atomic mass is 15.1. The van der Waals surface area contributed by atoms with Crippen LogP contribution >= 0.6 is 0 Å². The maximum absolute atomic E-state index is 2.36. The molecule has 10 aromatic carbocycles. The van der Waals surface area contributed by atoms with Crippen LogP contribution in [0.2, 0.25) is 0 Å². The molecule has 0 unspecified atom stereocenters. The fraction of sp³-hybridized carbons (Fsp3) is 0. The van der Waals surface area contributed by atoms with Crippen LogP contribution in [0.5, 0.6) is 0 Å². The van der Waals surface area contributed by atoms with E-state index in [0.29, 0.717) is 0 Å². The molecule has 0 atom stereocenters. The van der Waals surface area contributed by atoms with Gasteiger partial charge in [0, 0.05) is 17.1 Å². The van der Waals surface area contributed by atoms with Gasteiger partial charge in [0.05, 0.1) is 0 Å². The van der Waals surface area contributed by atoms with Crippen LogP contribution in [0, 0.1) is 0 Å². The lowest BCUT2D eigenvalue weighted by Crippen LogP contribution is -2.10. The number of hydrogen-bond acceptors (Lipinski definition) is 1. The summed E-state index contributed by atoms with van der Waals surface area (Å²) in [4.78, 5) is 2.36. The van der Waals surface area contributed by atoms with Crippen molar-refractivity contribution in [1.82, 2.24) is 0 Å². The molecular weight excluding hydrogens is 639 g/mol. The van der Waals surface area contributed by atoms with Gasteiger partial charge in [-0.1, -0.05) is 164 Å². The zero-order valence-electron chi connectivity index (χ0n) is 29.2. The second-order valence-electron chi connectivity index (χ2n) is 13.8. The second-order valence-corrected chi connectivity index (χ2v) is 13.8. The van der Waals surface area contributed by atoms with E-state index < -0.39 is 0 Å². The minimum absolute atomic E-state index is 1.11. The maximum Gasteiger partial charge on any atom is 0.0467 e. The Morgan fingerprint density at radius 3 is 1.15 bits per heavy atom. The van der Waals surface area contributed by atoms with E-state index >= 15 is 0 Å². The Hall–Kier alpha value is -6.96. The van der Waals surface area contributed by atoms with Crippen molar-refractivity contribution >= 4 is 60.2 Å². The normalized spacial score (nSPS) is 11.4. The quantitative estimate of drug-likeness (QED) is 0.159. The first-order valence-corrected chi connectivity index (χ1v) is 18.2. The number of fused-ring (bicyclic) bond motifs is 6. The van der Waals surface area contributed by atoms with E-state index in [1.807, 2.05) is 0 Å². The standard InChI is InChI=1S/C52H35N/c1-2-9-36(10-3-1)41-13-8-14-48(35-41)53(46-27-21-37(22-28-46)42-25-31-51-44(33-42)19-17-39-11-4-6-15-49(39)51)47-29-23-38(24-30-47)43-26-32-52-45(34-43)20-18-40-12-5-7-16-50(40)52/h1-35H. The molecule has 0 fully saturated rings. The van der Waals surface area contributed by atoms with Crippen molar-refractivity contribution in [3.05, 3.63) is 212 Å². The monoisotopic (exact) mass is 673 g/mol. The van der Waals surface area contributed by atoms with Gasteiger partial charge in [-0.2, -0.15) is 0 Å². The SMILES string of the molecule is c1ccc(-c2cccc(N(c3ccc(-c4ccc5c(ccc6ccccc65)c4)cc3)c3ccc(-c4ccc5c(ccc6ccccc65)c4)cc3)c2)cc1. The Morgan fingerprint density at radius 2 is 0.604 bits per heavy atom. The predicted molar refractivity (Wildman–Crippen MR) is 227 cm³/mol. The van der Waals surface area contributed by atoms with Gasteiger partial charge in [0.2, 0.25) is 0 Å². The van der Waals surface area contributed by atoms with Crippen molar-refractivity contribution in [2.45, 2.75) is 0 Å². The molecule has 0 aromatic heterocycles. The van der Waals surface area contributed by atoms with Crippen LogP contribution in [0.1, 0.15) is 0 Å². The molecule has 0 amide bonds. The zero-order valence-corrected chi connectivity index (χ0v) is 29.2. The molecule has 10 aromatic rings. The van der Waals surface area contributed by atoms with E-state index in [2.05, 4.69) is 217 Å². The topological polar surface area (TPSA) is 3.24 Å². The minimum atomic E-state index is 1.11. The Bertz CT molecular complexity index is 2760. The molecule has 10 rings (SSSR count). The molecule has 0 aliphatic rings. The van der Waals surface area contributed by atoms with Crippen LogP contribution in [0.4, 0.5) is 17.1 Å². The van der Waals surface area contributed by atoms with Crippen molar-refractivity contribution in [3.63, 3.8) is 0 Å². The third kappa shape index (κ3) is 5.69. The zero-order chi connectivity index (χ0) is 35.1. The van der Waals surface area contributed by atoms with Gasteiger partial charge in [0.15, 0.2) is 0 Å². The number of benzene rings is 10. The molecule has 248 valence electrons. The predicted octanol–water partition coefficient (Wildman–Crippen LogP) is 14.8. The van der Waals surface area contributed by atoms with Crippen molar-refractivity contribution < 1.29 is 0 Å². The Kier molecular flexibility index (Phi) is 7.55. The molecule has 0 saturated heterocycles. The van der Waals surface area contributed by atoms with Gasteiger partial charge in [0.25, 0.3) is 0 Å². The third-order valence-corrected chi connectivity index (χ3v) is 10.6. The van der Waals surface area contributed by atoms with Gasteiger partial charge < -0.3 is 4.90 Å². The molecule has 0 saturated carbocycles. The van der Waals surface area contributed by atoms with E-state index in [-0.39, 0.29) is 0 Å². The van der Waals surface area contributed by atoms with Crippen LogP contribution in [0.15, 0.2) is 212 Å². The molecule has 0 bridgehead atoms. The Morgan fingerprint density at radius 1 is 0.208 bits per heavy atom. The number of anilines is 3. The molecule has 53 heavy (non-hydrogen) atoms. The molecule has 0 spiro atoms. The van der Waals surface area contributed by atoms with Gasteiger partial charge in [0.1, 0.15) is 0 Å². The smallest absolute Gasteiger partial charge is 0.0467 e. The summed E-state index contributed by atoms with van der Waals surface area (Å²) in [6, 6.07) is 77.2. The first kappa shape index (κ1) is 30.8. The lowest BCUT2D eigenvalue weighted by molar-refractivity contribution is 1.28. The number of rotatable bonds is 6. The summed E-state index contributed by atoms with van der Waals surface area (Å²) in [7, 11) is 0. The highest BCUT2D eigenvalue weighted by Gasteiger charge is 2.15. The summed E-state index contributed by atoms with van der Waals surface area (Å²) in [5.41, 5.74) is 10.5. The van der Waals surface area contributed by atoms with Gasteiger partial charge in [-0.3, -0.25) is 0 Å². The maximum atomic E-state index is 2.36. The Labute approximate surface area is 309 Å². The molecular formula is C52H35N. The van der Waals surface area contributed by atoms with Gasteiger partial charge >= 0.3 is 0 Å². The first-order chi connectivity index (χ1) is 26.2. The van der Waals surface area contributed by atoms with E-state index in [0.717, 1.165) is 17.1 Å². The molecule has 0 aliphatic carbocycles. The first-order valence-electron chi connectivity index (χ1n) is 18.2. The van der Waals surface area contributed by atoms with E-state index in [4.69, 9.17) is 0 Å². The van der Waals surface area contributed by atoms with Crippen LogP contribution in [0.3, 0.4) is 0 Å². The average molecular weight is 674 g/mol. The van der Waals surface area contributed by atoms with Crippen molar-refractivity contribution in [2.24, 2.45) is 0 Å². The van der Waals surface area contributed by atoms with Crippen molar-refractivity contribution in [2.75, 3.05) is 4.90 Å². The van der Waals surface area contributed by atoms with Gasteiger partial charge in [-0.05, 0) is 125 Å². The molecule has 0 N–H and O–H groups in total. The van der Waals surface area contributed by atoms with Crippen LogP contribution < -0.4 is 4.90 Å². The summed E-state index contributed by atoms with van der Waals surface area (Å²) in [6.45, 7) is 0. The molecule has 0 heterocycles. The molecule has 1 heteroatoms. The minimum Gasteiger partial charge on any atom is -0.310 e. The highest BCUT2D eigenvalue weighted by molar-refractivity contribution is 6.09. The van der Waals surface area contributed by atoms with Crippen molar-refractivity contribution in [1.29, 1.82) is 0 Å². The number of hydrogen-bond donors (Lipinski definition) is 0. The van der Waals surface area contributed by atoms with E-state index in [1.54, 1.807) is 0 Å². The fourth-order valence-electron chi connectivity index (χ4n) is 7.89. The summed E-state index contributed by atoms with van der Waals surface area (Å²) in [6.07, 6.45) is 0. The fourth-order valence-corrected chi connectivity index (χ4v) is 7.89. The number of nitrogens with zero attached hydrogens (tertiary/aromatic N) is 1. The molecule has 1 nitrogen and oxygen atoms in total. The van der Waals surface area contributed by atoms with Gasteiger partial charge in [-0.15, -0.1) is 0 Å². The lowest BCUT2D eigenvalue weighted by atomic mass is 9.97. The van der Waals surface area contributed by atoms with Gasteiger partial charge in [-0.25, -0.2) is 0 Å². The van der Waals surface area contributed by atoms with E-state index in [9.17, 15) is 0 Å². The summed E-state index contributed by atoms with van der Waals surface area (Å²) < 4.78 is 0. The Balaban J connectivity index is 1.03. The van der Waals surface area contributed by atoms with Crippen LogP contribution in [-0.4, -0.2) is 0 Å². The summed E-state index contributed by atoms with van der Waals surface area (Å²) in [5.74, 6) is 0. The third-order valence-electron chi connectivity index (χ3n) is 10.6. The van der Waals surface area contributed by atoms with E-state index in [1.165, 1.54) is 76.5 Å². The molecule has 0 radical (unpaired) electrons. The van der Waals surface area contributed by atoms with Crippen LogP contribution in [-0.2, 0) is 0 Å². The second kappa shape index (κ2) is 13.0. The lowest BCUT2D eigenvalue weighted by Gasteiger charge is -2.26. The summed E-state index contributed by atoms with van der Waals surface area (Å²) >= 11 is 0. The summed E-state index contributed by atoms with van der Waals surface area (Å²) in [5, 5.41) is 10.2. The van der Waals surface area contributed by atoms with Crippen molar-refractivity contribution in [3.8, 4) is 33.4 Å². The highest BCUT2D eigenvalue weighted by Crippen LogP contribution is 2.39. The largest absolute Gasteiger partial charge is 0.310 e. The van der Waals surface area contributed by atoms with Crippen LogP contribution in [0.25, 0.3) is 76.5 Å². The average Bonchev–Trinajstić information content (AvgIpc) is 3.24. The molecule has 0 aliphatic heterocycles.